The number of azide groups is 1. The molecule has 7 heteroatoms. The third-order valence-electron chi connectivity index (χ3n) is 3.07. The van der Waals surface area contributed by atoms with E-state index in [0.717, 1.165) is 26.1 Å². The number of carbonyl (C=O) groups excluding carboxylic acids is 1. The van der Waals surface area contributed by atoms with Gasteiger partial charge < -0.3 is 14.5 Å². The first-order valence-corrected chi connectivity index (χ1v) is 6.25. The summed E-state index contributed by atoms with van der Waals surface area (Å²) in [6, 6.07) is 3.22. The van der Waals surface area contributed by atoms with Crippen molar-refractivity contribution in [1.82, 2.24) is 5.32 Å². The SMILES string of the molecule is [N-]=[N+]=NCc1ccc(C(=O)NCC2CCOCC2)o1. The lowest BCUT2D eigenvalue weighted by Crippen LogP contribution is -2.31. The zero-order chi connectivity index (χ0) is 13.5. The van der Waals surface area contributed by atoms with E-state index in [0.29, 0.717) is 18.2 Å². The Bertz CT molecular complexity index is 473. The summed E-state index contributed by atoms with van der Waals surface area (Å²) in [5.74, 6) is 0.957. The van der Waals surface area contributed by atoms with Gasteiger partial charge in [0.05, 0.1) is 6.54 Å². The van der Waals surface area contributed by atoms with Gasteiger partial charge in [-0.2, -0.15) is 0 Å². The second-order valence-corrected chi connectivity index (χ2v) is 4.42. The second kappa shape index (κ2) is 6.82. The topological polar surface area (TPSA) is 100 Å². The Morgan fingerprint density at radius 3 is 3.00 bits per heavy atom. The number of amides is 1. The van der Waals surface area contributed by atoms with Crippen molar-refractivity contribution in [2.45, 2.75) is 19.4 Å². The molecule has 0 radical (unpaired) electrons. The number of nitrogens with one attached hydrogen (secondary N) is 1. The Balaban J connectivity index is 1.81. The molecule has 0 atom stereocenters. The summed E-state index contributed by atoms with van der Waals surface area (Å²) in [7, 11) is 0. The Morgan fingerprint density at radius 2 is 2.26 bits per heavy atom. The molecule has 0 spiro atoms. The van der Waals surface area contributed by atoms with Gasteiger partial charge in [-0.25, -0.2) is 0 Å². The molecular weight excluding hydrogens is 248 g/mol. The number of hydrogen-bond donors (Lipinski definition) is 1. The summed E-state index contributed by atoms with van der Waals surface area (Å²) in [6.07, 6.45) is 1.95. The van der Waals surface area contributed by atoms with Crippen molar-refractivity contribution in [3.05, 3.63) is 34.1 Å². The van der Waals surface area contributed by atoms with Crippen molar-refractivity contribution in [2.24, 2.45) is 11.0 Å². The largest absolute Gasteiger partial charge is 0.456 e. The minimum Gasteiger partial charge on any atom is -0.456 e. The van der Waals surface area contributed by atoms with Crippen LogP contribution in [0.1, 0.15) is 29.2 Å². The molecule has 0 bridgehead atoms. The summed E-state index contributed by atoms with van der Waals surface area (Å²) in [5, 5.41) is 6.22. The third-order valence-corrected chi connectivity index (χ3v) is 3.07. The Hall–Kier alpha value is -1.98. The Morgan fingerprint density at radius 1 is 1.47 bits per heavy atom. The van der Waals surface area contributed by atoms with Crippen molar-refractivity contribution in [3.8, 4) is 0 Å². The molecule has 1 amide bonds. The molecule has 1 aliphatic heterocycles. The van der Waals surface area contributed by atoms with E-state index in [1.165, 1.54) is 0 Å². The van der Waals surface area contributed by atoms with Crippen LogP contribution in [-0.2, 0) is 11.3 Å². The zero-order valence-corrected chi connectivity index (χ0v) is 10.5. The maximum absolute atomic E-state index is 11.8. The first-order chi connectivity index (χ1) is 9.29. The lowest BCUT2D eigenvalue weighted by atomic mass is 10.0. The van der Waals surface area contributed by atoms with Gasteiger partial charge in [0.1, 0.15) is 5.76 Å². The average molecular weight is 264 g/mol. The van der Waals surface area contributed by atoms with Gasteiger partial charge in [0, 0.05) is 24.7 Å². The Kier molecular flexibility index (Phi) is 4.83. The van der Waals surface area contributed by atoms with Crippen LogP contribution in [0.5, 0.6) is 0 Å². The third kappa shape index (κ3) is 4.01. The number of nitrogens with zero attached hydrogens (tertiary/aromatic N) is 3. The fourth-order valence-corrected chi connectivity index (χ4v) is 1.96. The molecule has 0 unspecified atom stereocenters. The van der Waals surface area contributed by atoms with Crippen LogP contribution < -0.4 is 5.32 Å². The average Bonchev–Trinajstić information content (AvgIpc) is 2.92. The van der Waals surface area contributed by atoms with Crippen molar-refractivity contribution < 1.29 is 13.9 Å². The highest BCUT2D eigenvalue weighted by atomic mass is 16.5. The smallest absolute Gasteiger partial charge is 0.287 e. The van der Waals surface area contributed by atoms with Crippen molar-refractivity contribution in [2.75, 3.05) is 19.8 Å². The molecular formula is C12H16N4O3. The highest BCUT2D eigenvalue weighted by Crippen LogP contribution is 2.14. The van der Waals surface area contributed by atoms with Gasteiger partial charge >= 0.3 is 0 Å². The standard InChI is InChI=1S/C12H16N4O3/c13-16-15-8-10-1-2-11(19-10)12(17)14-7-9-3-5-18-6-4-9/h1-2,9H,3-8H2,(H,14,17). The zero-order valence-electron chi connectivity index (χ0n) is 10.5. The number of ether oxygens (including phenoxy) is 1. The highest BCUT2D eigenvalue weighted by molar-refractivity contribution is 5.91. The van der Waals surface area contributed by atoms with Gasteiger partial charge in [0.15, 0.2) is 5.76 Å². The molecule has 0 aliphatic carbocycles. The van der Waals surface area contributed by atoms with Crippen LogP contribution in [0.4, 0.5) is 0 Å². The predicted molar refractivity (Wildman–Crippen MR) is 67.4 cm³/mol. The molecule has 1 N–H and O–H groups in total. The van der Waals surface area contributed by atoms with E-state index in [-0.39, 0.29) is 18.2 Å². The van der Waals surface area contributed by atoms with Gasteiger partial charge in [-0.15, -0.1) is 0 Å². The molecule has 0 saturated carbocycles. The number of furan rings is 1. The number of hydrogen-bond acceptors (Lipinski definition) is 4. The monoisotopic (exact) mass is 264 g/mol. The molecule has 7 nitrogen and oxygen atoms in total. The van der Waals surface area contributed by atoms with Crippen LogP contribution >= 0.6 is 0 Å². The molecule has 19 heavy (non-hydrogen) atoms. The van der Waals surface area contributed by atoms with E-state index in [2.05, 4.69) is 15.3 Å². The second-order valence-electron chi connectivity index (χ2n) is 4.42. The quantitative estimate of drug-likeness (QED) is 0.501. The van der Waals surface area contributed by atoms with E-state index < -0.39 is 0 Å². The van der Waals surface area contributed by atoms with Gasteiger partial charge in [0.25, 0.3) is 5.91 Å². The lowest BCUT2D eigenvalue weighted by molar-refractivity contribution is 0.0638. The minimum absolute atomic E-state index is 0.115. The Labute approximate surface area is 110 Å². The van der Waals surface area contributed by atoms with Gasteiger partial charge in [-0.05, 0) is 36.4 Å². The molecule has 1 saturated heterocycles. The van der Waals surface area contributed by atoms with Crippen molar-refractivity contribution >= 4 is 5.91 Å². The van der Waals surface area contributed by atoms with E-state index in [4.69, 9.17) is 14.7 Å². The molecule has 1 fully saturated rings. The van der Waals surface area contributed by atoms with E-state index >= 15 is 0 Å². The van der Waals surface area contributed by atoms with E-state index in [9.17, 15) is 4.79 Å². The van der Waals surface area contributed by atoms with Gasteiger partial charge in [0.2, 0.25) is 0 Å². The lowest BCUT2D eigenvalue weighted by Gasteiger charge is -2.21. The van der Waals surface area contributed by atoms with Crippen molar-refractivity contribution in [1.29, 1.82) is 0 Å². The molecule has 1 aromatic heterocycles. The first-order valence-electron chi connectivity index (χ1n) is 6.25. The summed E-state index contributed by atoms with van der Waals surface area (Å²) in [4.78, 5) is 14.5. The molecule has 1 aliphatic rings. The molecule has 2 heterocycles. The molecule has 102 valence electrons. The van der Waals surface area contributed by atoms with Crippen LogP contribution in [-0.4, -0.2) is 25.7 Å². The van der Waals surface area contributed by atoms with Crippen LogP contribution in [0.25, 0.3) is 10.4 Å². The number of carbonyl (C=O) groups is 1. The summed E-state index contributed by atoms with van der Waals surface area (Å²) < 4.78 is 10.5. The molecule has 1 aromatic rings. The van der Waals surface area contributed by atoms with E-state index in [1.54, 1.807) is 12.1 Å². The van der Waals surface area contributed by atoms with Crippen molar-refractivity contribution in [3.63, 3.8) is 0 Å². The fourth-order valence-electron chi connectivity index (χ4n) is 1.96. The van der Waals surface area contributed by atoms with Crippen LogP contribution in [0.3, 0.4) is 0 Å². The van der Waals surface area contributed by atoms with E-state index in [1.807, 2.05) is 0 Å². The van der Waals surface area contributed by atoms with Crippen LogP contribution in [0, 0.1) is 5.92 Å². The normalized spacial score (nSPS) is 15.8. The maximum atomic E-state index is 11.8. The summed E-state index contributed by atoms with van der Waals surface area (Å²) in [5.41, 5.74) is 8.20. The molecule has 0 aromatic carbocycles. The van der Waals surface area contributed by atoms with Crippen LogP contribution in [0.15, 0.2) is 21.7 Å². The summed E-state index contributed by atoms with van der Waals surface area (Å²) >= 11 is 0. The van der Waals surface area contributed by atoms with Crippen LogP contribution in [0.2, 0.25) is 0 Å². The summed E-state index contributed by atoms with van der Waals surface area (Å²) in [6.45, 7) is 2.27. The molecule has 2 rings (SSSR count). The maximum Gasteiger partial charge on any atom is 0.287 e. The highest BCUT2D eigenvalue weighted by Gasteiger charge is 2.16. The fraction of sp³-hybridized carbons (Fsp3) is 0.583. The minimum atomic E-state index is -0.237. The van der Waals surface area contributed by atoms with Gasteiger partial charge in [-0.3, -0.25) is 4.79 Å². The first kappa shape index (κ1) is 13.5. The van der Waals surface area contributed by atoms with Gasteiger partial charge in [-0.1, -0.05) is 5.11 Å². The predicted octanol–water partition coefficient (Wildman–Crippen LogP) is 2.25. The number of rotatable bonds is 5.